The second-order valence-electron chi connectivity index (χ2n) is 9.97. The van der Waals surface area contributed by atoms with Crippen molar-refractivity contribution in [2.24, 2.45) is 28.6 Å². The van der Waals surface area contributed by atoms with Gasteiger partial charge in [-0.1, -0.05) is 26.0 Å². The molecule has 4 heteroatoms. The van der Waals surface area contributed by atoms with E-state index in [9.17, 15) is 20.4 Å². The van der Waals surface area contributed by atoms with Crippen LogP contribution in [0.5, 0.6) is 0 Å². The lowest BCUT2D eigenvalue weighted by molar-refractivity contribution is -0.106. The van der Waals surface area contributed by atoms with E-state index in [2.05, 4.69) is 6.58 Å². The van der Waals surface area contributed by atoms with Crippen molar-refractivity contribution in [1.82, 2.24) is 0 Å². The zero-order chi connectivity index (χ0) is 17.7. The number of rotatable bonds is 0. The van der Waals surface area contributed by atoms with Crippen LogP contribution in [0.4, 0.5) is 0 Å². The quantitative estimate of drug-likeness (QED) is 0.510. The van der Waals surface area contributed by atoms with Gasteiger partial charge in [0.1, 0.15) is 0 Å². The lowest BCUT2D eigenvalue weighted by atomic mass is 9.61. The predicted octanol–water partition coefficient (Wildman–Crippen LogP) is 2.00. The Kier molecular flexibility index (Phi) is 3.29. The molecule has 8 atom stereocenters. The van der Waals surface area contributed by atoms with Gasteiger partial charge in [-0.15, -0.1) is 0 Å². The first-order valence-corrected chi connectivity index (χ1v) is 9.47. The molecule has 2 unspecified atom stereocenters. The van der Waals surface area contributed by atoms with E-state index >= 15 is 0 Å². The van der Waals surface area contributed by atoms with Crippen LogP contribution in [0.25, 0.3) is 0 Å². The highest BCUT2D eigenvalue weighted by atomic mass is 16.3. The number of fused-ring (bicyclic) bond motifs is 2. The zero-order valence-electron chi connectivity index (χ0n) is 15.1. The molecule has 136 valence electrons. The first-order valence-electron chi connectivity index (χ1n) is 9.47. The van der Waals surface area contributed by atoms with Gasteiger partial charge in [0, 0.05) is 22.7 Å². The van der Waals surface area contributed by atoms with Crippen LogP contribution in [0.2, 0.25) is 0 Å². The minimum Gasteiger partial charge on any atom is -0.392 e. The summed E-state index contributed by atoms with van der Waals surface area (Å²) in [5.41, 5.74) is -1.79. The molecule has 0 aromatic heterocycles. The Morgan fingerprint density at radius 1 is 1.00 bits per heavy atom. The summed E-state index contributed by atoms with van der Waals surface area (Å²) in [7, 11) is 0. The van der Waals surface area contributed by atoms with E-state index in [0.29, 0.717) is 25.7 Å². The average Bonchev–Trinajstić information content (AvgIpc) is 2.68. The predicted molar refractivity (Wildman–Crippen MR) is 91.1 cm³/mol. The molecule has 0 saturated heterocycles. The molecule has 4 aliphatic rings. The van der Waals surface area contributed by atoms with Crippen molar-refractivity contribution >= 4 is 0 Å². The molecule has 0 amide bonds. The van der Waals surface area contributed by atoms with Crippen molar-refractivity contribution in [2.75, 3.05) is 0 Å². The summed E-state index contributed by atoms with van der Waals surface area (Å²) in [5, 5.41) is 44.1. The van der Waals surface area contributed by atoms with Gasteiger partial charge < -0.3 is 20.4 Å². The smallest absolute Gasteiger partial charge is 0.0789 e. The lowest BCUT2D eigenvalue weighted by Gasteiger charge is -2.45. The monoisotopic (exact) mass is 336 g/mol. The van der Waals surface area contributed by atoms with E-state index in [-0.39, 0.29) is 23.2 Å². The van der Waals surface area contributed by atoms with Gasteiger partial charge in [-0.2, -0.15) is 0 Å². The molecule has 4 nitrogen and oxygen atoms in total. The standard InChI is InChI=1S/C20H32O4/c1-11-12-5-6-13-16(22)19(12,10-18(13,4)23)7-8-20(24)14(11)9-15(21)17(20,2)3/h12-16,21-24H,1,5-10H2,2-4H3/t12-,13?,14-,15-,16-,18+,19?,20+/m0/s1. The molecular weight excluding hydrogens is 304 g/mol. The Hall–Kier alpha value is -0.420. The average molecular weight is 336 g/mol. The van der Waals surface area contributed by atoms with Crippen molar-refractivity contribution in [3.8, 4) is 0 Å². The summed E-state index contributed by atoms with van der Waals surface area (Å²) < 4.78 is 0. The highest BCUT2D eigenvalue weighted by molar-refractivity contribution is 5.29. The molecule has 4 rings (SSSR count). The Morgan fingerprint density at radius 2 is 1.67 bits per heavy atom. The van der Waals surface area contributed by atoms with Gasteiger partial charge in [-0.05, 0) is 51.4 Å². The third kappa shape index (κ3) is 1.74. The van der Waals surface area contributed by atoms with E-state index in [1.54, 1.807) is 0 Å². The lowest BCUT2D eigenvalue weighted by Crippen LogP contribution is -2.48. The van der Waals surface area contributed by atoms with E-state index in [1.165, 1.54) is 0 Å². The highest BCUT2D eigenvalue weighted by Gasteiger charge is 2.69. The van der Waals surface area contributed by atoms with Crippen molar-refractivity contribution in [1.29, 1.82) is 0 Å². The van der Waals surface area contributed by atoms with Crippen LogP contribution >= 0.6 is 0 Å². The molecule has 4 N–H and O–H groups in total. The van der Waals surface area contributed by atoms with Gasteiger partial charge in [0.05, 0.1) is 23.4 Å². The SMILES string of the molecule is C=C1[C@@H]2CCC3[C@H](O)C2(CC[C@@]2(O)[C@H]1C[C@H](O)C2(C)C)C[C@@]3(C)O. The maximum absolute atomic E-state index is 11.6. The van der Waals surface area contributed by atoms with Crippen LogP contribution in [0, 0.1) is 28.6 Å². The molecule has 4 fully saturated rings. The summed E-state index contributed by atoms with van der Waals surface area (Å²) in [4.78, 5) is 0. The first-order chi connectivity index (χ1) is 11.0. The first kappa shape index (κ1) is 17.0. The summed E-state index contributed by atoms with van der Waals surface area (Å²) in [6.45, 7) is 10.1. The second-order valence-corrected chi connectivity index (χ2v) is 9.97. The largest absolute Gasteiger partial charge is 0.392 e. The van der Waals surface area contributed by atoms with Crippen molar-refractivity contribution in [3.63, 3.8) is 0 Å². The topological polar surface area (TPSA) is 80.9 Å². The van der Waals surface area contributed by atoms with E-state index in [0.717, 1.165) is 18.4 Å². The molecule has 0 aromatic rings. The normalized spacial score (nSPS) is 59.0. The number of hydrogen-bond acceptors (Lipinski definition) is 4. The molecule has 2 bridgehead atoms. The van der Waals surface area contributed by atoms with Crippen LogP contribution in [0.3, 0.4) is 0 Å². The Bertz CT molecular complexity index is 582. The summed E-state index contributed by atoms with van der Waals surface area (Å²) in [6.07, 6.45) is 3.03. The van der Waals surface area contributed by atoms with Crippen LogP contribution in [-0.2, 0) is 0 Å². The van der Waals surface area contributed by atoms with E-state index < -0.39 is 28.8 Å². The highest BCUT2D eigenvalue weighted by Crippen LogP contribution is 2.68. The fourth-order valence-electron chi connectivity index (χ4n) is 7.11. The molecule has 0 aromatic carbocycles. The second kappa shape index (κ2) is 4.64. The van der Waals surface area contributed by atoms with Gasteiger partial charge >= 0.3 is 0 Å². The van der Waals surface area contributed by atoms with Crippen LogP contribution < -0.4 is 0 Å². The van der Waals surface area contributed by atoms with Gasteiger partial charge in [0.2, 0.25) is 0 Å². The number of aliphatic hydroxyl groups is 4. The van der Waals surface area contributed by atoms with Gasteiger partial charge in [-0.3, -0.25) is 0 Å². The van der Waals surface area contributed by atoms with Gasteiger partial charge in [-0.25, -0.2) is 0 Å². The Morgan fingerprint density at radius 3 is 2.33 bits per heavy atom. The van der Waals surface area contributed by atoms with Crippen molar-refractivity contribution in [3.05, 3.63) is 12.2 Å². The third-order valence-corrected chi connectivity index (χ3v) is 8.77. The summed E-state index contributed by atoms with van der Waals surface area (Å²) in [6, 6.07) is 0. The van der Waals surface area contributed by atoms with E-state index in [4.69, 9.17) is 0 Å². The molecular formula is C20H32O4. The minimum absolute atomic E-state index is 0.0762. The molecule has 0 aliphatic heterocycles. The summed E-state index contributed by atoms with van der Waals surface area (Å²) in [5.74, 6) is -0.0771. The van der Waals surface area contributed by atoms with Gasteiger partial charge in [0.15, 0.2) is 0 Å². The maximum Gasteiger partial charge on any atom is 0.0789 e. The number of aliphatic hydroxyl groups excluding tert-OH is 2. The van der Waals surface area contributed by atoms with Gasteiger partial charge in [0.25, 0.3) is 0 Å². The minimum atomic E-state index is -0.987. The molecule has 0 heterocycles. The van der Waals surface area contributed by atoms with Crippen molar-refractivity contribution < 1.29 is 20.4 Å². The molecule has 0 radical (unpaired) electrons. The Labute approximate surface area is 144 Å². The molecule has 4 aliphatic carbocycles. The molecule has 1 spiro atoms. The van der Waals surface area contributed by atoms with Crippen LogP contribution in [-0.4, -0.2) is 43.8 Å². The number of hydrogen-bond donors (Lipinski definition) is 4. The van der Waals surface area contributed by atoms with E-state index in [1.807, 2.05) is 20.8 Å². The fourth-order valence-corrected chi connectivity index (χ4v) is 7.11. The maximum atomic E-state index is 11.6. The third-order valence-electron chi connectivity index (χ3n) is 8.77. The Balaban J connectivity index is 1.80. The summed E-state index contributed by atoms with van der Waals surface area (Å²) >= 11 is 0. The molecule has 4 saturated carbocycles. The van der Waals surface area contributed by atoms with Crippen molar-refractivity contribution in [2.45, 2.75) is 82.7 Å². The molecule has 24 heavy (non-hydrogen) atoms. The fraction of sp³-hybridized carbons (Fsp3) is 0.900. The van der Waals surface area contributed by atoms with Crippen LogP contribution in [0.1, 0.15) is 59.3 Å². The van der Waals surface area contributed by atoms with Crippen LogP contribution in [0.15, 0.2) is 12.2 Å². The zero-order valence-corrected chi connectivity index (χ0v) is 15.1.